The normalized spacial score (nSPS) is 24.3. The van der Waals surface area contributed by atoms with Gasteiger partial charge in [-0.2, -0.15) is 0 Å². The Morgan fingerprint density at radius 3 is 2.86 bits per heavy atom. The van der Waals surface area contributed by atoms with E-state index in [4.69, 9.17) is 10.8 Å². The van der Waals surface area contributed by atoms with Gasteiger partial charge in [-0.3, -0.25) is 4.79 Å². The van der Waals surface area contributed by atoms with Gasteiger partial charge in [0.15, 0.2) is 0 Å². The van der Waals surface area contributed by atoms with Crippen LogP contribution in [0, 0.1) is 17.8 Å². The van der Waals surface area contributed by atoms with Crippen LogP contribution >= 0.6 is 0 Å². The fourth-order valence-corrected chi connectivity index (χ4v) is 2.94. The summed E-state index contributed by atoms with van der Waals surface area (Å²) in [5, 5.41) is 3.26. The summed E-state index contributed by atoms with van der Waals surface area (Å²) < 4.78 is 5.63. The van der Waals surface area contributed by atoms with Crippen molar-refractivity contribution in [2.45, 2.75) is 19.9 Å². The molecule has 1 atom stereocenters. The molecule has 2 aliphatic heterocycles. The molecule has 3 heterocycles. The zero-order chi connectivity index (χ0) is 15.0. The standard InChI is InChI=1S/C15H20N4O2/c1-4-12-15(2,3)10-19(12)13(20)11-9-17-14(21-11)18-7-5-16-6-8-18/h1,9,12,16H,5-8,10H2,2-3H3. The maximum Gasteiger partial charge on any atom is 0.298 e. The minimum Gasteiger partial charge on any atom is -0.418 e. The molecule has 2 saturated heterocycles. The van der Waals surface area contributed by atoms with Crippen LogP contribution in [-0.4, -0.2) is 54.6 Å². The largest absolute Gasteiger partial charge is 0.418 e. The van der Waals surface area contributed by atoms with E-state index >= 15 is 0 Å². The second kappa shape index (κ2) is 5.08. The van der Waals surface area contributed by atoms with Crippen molar-refractivity contribution >= 4 is 11.9 Å². The molecule has 1 N–H and O–H groups in total. The van der Waals surface area contributed by atoms with Gasteiger partial charge in [0.1, 0.15) is 0 Å². The molecule has 21 heavy (non-hydrogen) atoms. The predicted molar refractivity (Wildman–Crippen MR) is 79.0 cm³/mol. The number of likely N-dealkylation sites (tertiary alicyclic amines) is 1. The Labute approximate surface area is 124 Å². The highest BCUT2D eigenvalue weighted by atomic mass is 16.4. The summed E-state index contributed by atoms with van der Waals surface area (Å²) in [6, 6.07) is 0.328. The number of nitrogens with zero attached hydrogens (tertiary/aromatic N) is 3. The maximum absolute atomic E-state index is 12.4. The lowest BCUT2D eigenvalue weighted by Crippen LogP contribution is -2.63. The average molecular weight is 288 g/mol. The Kier molecular flexibility index (Phi) is 3.38. The third kappa shape index (κ3) is 2.38. The number of carbonyl (C=O) groups excluding carboxylic acids is 1. The lowest BCUT2D eigenvalue weighted by molar-refractivity contribution is -0.00608. The van der Waals surface area contributed by atoms with Gasteiger partial charge in [-0.05, 0) is 0 Å². The van der Waals surface area contributed by atoms with Gasteiger partial charge in [-0.25, -0.2) is 4.98 Å². The number of carbonyl (C=O) groups is 1. The monoisotopic (exact) mass is 288 g/mol. The van der Waals surface area contributed by atoms with Crippen molar-refractivity contribution in [1.29, 1.82) is 0 Å². The lowest BCUT2D eigenvalue weighted by atomic mass is 9.75. The van der Waals surface area contributed by atoms with E-state index in [9.17, 15) is 4.79 Å². The van der Waals surface area contributed by atoms with Gasteiger partial charge in [-0.15, -0.1) is 6.42 Å². The van der Waals surface area contributed by atoms with Crippen molar-refractivity contribution in [2.75, 3.05) is 37.6 Å². The number of hydrogen-bond acceptors (Lipinski definition) is 5. The maximum atomic E-state index is 12.4. The van der Waals surface area contributed by atoms with Gasteiger partial charge < -0.3 is 19.5 Å². The fraction of sp³-hybridized carbons (Fsp3) is 0.600. The summed E-state index contributed by atoms with van der Waals surface area (Å²) in [6.07, 6.45) is 7.03. The van der Waals surface area contributed by atoms with Crippen molar-refractivity contribution in [3.8, 4) is 12.3 Å². The molecule has 1 aromatic heterocycles. The summed E-state index contributed by atoms with van der Waals surface area (Å²) >= 11 is 0. The van der Waals surface area contributed by atoms with Crippen LogP contribution in [-0.2, 0) is 0 Å². The Hall–Kier alpha value is -2.00. The molecule has 3 rings (SSSR count). The summed E-state index contributed by atoms with van der Waals surface area (Å²) in [4.78, 5) is 20.4. The molecule has 2 fully saturated rings. The van der Waals surface area contributed by atoms with Crippen molar-refractivity contribution < 1.29 is 9.21 Å². The first-order valence-electron chi connectivity index (χ1n) is 7.21. The predicted octanol–water partition coefficient (Wildman–Crippen LogP) is 0.568. The second-order valence-corrected chi connectivity index (χ2v) is 6.23. The van der Waals surface area contributed by atoms with Gasteiger partial charge in [0.25, 0.3) is 11.9 Å². The number of aromatic nitrogens is 1. The number of piperazine rings is 1. The highest BCUT2D eigenvalue weighted by molar-refractivity contribution is 5.92. The summed E-state index contributed by atoms with van der Waals surface area (Å²) in [6.45, 7) is 8.22. The van der Waals surface area contributed by atoms with E-state index in [1.54, 1.807) is 4.90 Å². The first-order valence-corrected chi connectivity index (χ1v) is 7.21. The summed E-state index contributed by atoms with van der Waals surface area (Å²) in [7, 11) is 0. The molecular formula is C15H20N4O2. The number of oxazole rings is 1. The van der Waals surface area contributed by atoms with Gasteiger partial charge in [0.05, 0.1) is 12.2 Å². The summed E-state index contributed by atoms with van der Waals surface area (Å²) in [5.41, 5.74) is -0.0359. The third-order valence-corrected chi connectivity index (χ3v) is 4.14. The van der Waals surface area contributed by atoms with Gasteiger partial charge in [0, 0.05) is 38.1 Å². The molecule has 1 unspecified atom stereocenters. The zero-order valence-corrected chi connectivity index (χ0v) is 12.4. The van der Waals surface area contributed by atoms with E-state index in [0.717, 1.165) is 26.2 Å². The number of amides is 1. The molecule has 6 nitrogen and oxygen atoms in total. The number of nitrogens with one attached hydrogen (secondary N) is 1. The van der Waals surface area contributed by atoms with Crippen molar-refractivity contribution in [3.63, 3.8) is 0 Å². The van der Waals surface area contributed by atoms with Crippen LogP contribution in [0.25, 0.3) is 0 Å². The zero-order valence-electron chi connectivity index (χ0n) is 12.4. The van der Waals surface area contributed by atoms with Crippen LogP contribution in [0.3, 0.4) is 0 Å². The molecule has 0 aliphatic carbocycles. The van der Waals surface area contributed by atoms with Gasteiger partial charge >= 0.3 is 0 Å². The first kappa shape index (κ1) is 14.0. The highest BCUT2D eigenvalue weighted by Crippen LogP contribution is 2.37. The number of rotatable bonds is 2. The molecule has 1 aromatic rings. The Morgan fingerprint density at radius 1 is 1.52 bits per heavy atom. The smallest absolute Gasteiger partial charge is 0.298 e. The van der Waals surface area contributed by atoms with E-state index < -0.39 is 0 Å². The molecular weight excluding hydrogens is 268 g/mol. The number of terminal acetylenes is 1. The van der Waals surface area contributed by atoms with Crippen LogP contribution in [0.1, 0.15) is 24.4 Å². The van der Waals surface area contributed by atoms with Gasteiger partial charge in [0.2, 0.25) is 5.76 Å². The van der Waals surface area contributed by atoms with Crippen LogP contribution in [0.15, 0.2) is 10.6 Å². The second-order valence-electron chi connectivity index (χ2n) is 6.23. The molecule has 0 saturated carbocycles. The van der Waals surface area contributed by atoms with E-state index in [0.29, 0.717) is 12.6 Å². The highest BCUT2D eigenvalue weighted by Gasteiger charge is 2.48. The lowest BCUT2D eigenvalue weighted by Gasteiger charge is -2.51. The molecule has 0 radical (unpaired) electrons. The quantitative estimate of drug-likeness (QED) is 0.806. The van der Waals surface area contributed by atoms with Crippen LogP contribution in [0.2, 0.25) is 0 Å². The van der Waals surface area contributed by atoms with Crippen LogP contribution in [0.5, 0.6) is 0 Å². The number of anilines is 1. The molecule has 1 amide bonds. The van der Waals surface area contributed by atoms with E-state index in [1.807, 2.05) is 4.90 Å². The fourth-order valence-electron chi connectivity index (χ4n) is 2.94. The van der Waals surface area contributed by atoms with Crippen LogP contribution < -0.4 is 10.2 Å². The topological polar surface area (TPSA) is 61.6 Å². The third-order valence-electron chi connectivity index (χ3n) is 4.14. The Balaban J connectivity index is 1.72. The Morgan fingerprint density at radius 2 is 2.24 bits per heavy atom. The molecule has 0 spiro atoms. The Bertz CT molecular complexity index is 581. The van der Waals surface area contributed by atoms with Crippen molar-refractivity contribution in [3.05, 3.63) is 12.0 Å². The molecule has 0 aromatic carbocycles. The molecule has 112 valence electrons. The minimum atomic E-state index is -0.183. The average Bonchev–Trinajstić information content (AvgIpc) is 2.95. The van der Waals surface area contributed by atoms with Crippen molar-refractivity contribution in [1.82, 2.24) is 15.2 Å². The number of hydrogen-bond donors (Lipinski definition) is 1. The summed E-state index contributed by atoms with van der Waals surface area (Å²) in [5.74, 6) is 2.78. The van der Waals surface area contributed by atoms with Gasteiger partial charge in [-0.1, -0.05) is 19.8 Å². The van der Waals surface area contributed by atoms with E-state index in [-0.39, 0.29) is 23.1 Å². The molecule has 0 bridgehead atoms. The van der Waals surface area contributed by atoms with Crippen LogP contribution in [0.4, 0.5) is 6.01 Å². The molecule has 2 aliphatic rings. The first-order chi connectivity index (χ1) is 10.0. The minimum absolute atomic E-state index is 0.0359. The SMILES string of the molecule is C#CC1N(C(=O)c2cnc(N3CCNCC3)o2)CC1(C)C. The van der Waals surface area contributed by atoms with E-state index in [2.05, 4.69) is 30.1 Å². The van der Waals surface area contributed by atoms with Crippen molar-refractivity contribution in [2.24, 2.45) is 5.41 Å². The molecule has 6 heteroatoms. The van der Waals surface area contributed by atoms with E-state index in [1.165, 1.54) is 6.20 Å².